The number of carbonyl (C=O) groups is 3. The molecule has 2 aromatic carbocycles. The fraction of sp³-hybridized carbons (Fsp3) is 0.522. The van der Waals surface area contributed by atoms with Crippen molar-refractivity contribution < 1.29 is 77.4 Å². The van der Waals surface area contributed by atoms with Gasteiger partial charge in [0.1, 0.15) is 23.6 Å². The second kappa shape index (κ2) is 24.9. The molecule has 3 aliphatic rings. The van der Waals surface area contributed by atoms with Crippen molar-refractivity contribution >= 4 is 35.3 Å². The molecule has 1 aliphatic heterocycles. The summed E-state index contributed by atoms with van der Waals surface area (Å²) >= 11 is 5.92. The van der Waals surface area contributed by atoms with Gasteiger partial charge in [0.25, 0.3) is 5.91 Å². The van der Waals surface area contributed by atoms with Crippen LogP contribution in [0.3, 0.4) is 0 Å². The lowest BCUT2D eigenvalue weighted by atomic mass is 9.81. The predicted octanol–water partition coefficient (Wildman–Crippen LogP) is 8.02. The Kier molecular flexibility index (Phi) is 19.1. The zero-order valence-corrected chi connectivity index (χ0v) is 38.7. The van der Waals surface area contributed by atoms with Crippen molar-refractivity contribution in [2.24, 2.45) is 5.41 Å². The van der Waals surface area contributed by atoms with Gasteiger partial charge in [-0.2, -0.15) is 0 Å². The van der Waals surface area contributed by atoms with Gasteiger partial charge in [0.2, 0.25) is 5.88 Å². The normalized spacial score (nSPS) is 15.7. The number of aryl methyl sites for hydroxylation is 1. The van der Waals surface area contributed by atoms with Gasteiger partial charge in [-0.05, 0) is 119 Å². The monoisotopic (exact) mass is 977 g/mol. The Morgan fingerprint density at radius 2 is 1.50 bits per heavy atom. The molecule has 2 heterocycles. The summed E-state index contributed by atoms with van der Waals surface area (Å²) in [4.78, 5) is 57.9. The molecular weight excluding hydrogens is 920 g/mol. The van der Waals surface area contributed by atoms with Crippen LogP contribution in [0.15, 0.2) is 54.2 Å². The zero-order chi connectivity index (χ0) is 48.8. The van der Waals surface area contributed by atoms with Crippen LogP contribution in [0, 0.1) is 24.0 Å². The smallest absolute Gasteiger partial charge is 0.489 e. The molecule has 1 unspecified atom stereocenters. The van der Waals surface area contributed by atoms with Crippen molar-refractivity contribution in [3.63, 3.8) is 0 Å². The van der Waals surface area contributed by atoms with E-state index in [0.29, 0.717) is 62.1 Å². The number of ether oxygens (including phenoxy) is 5. The Hall–Kier alpha value is -5.23. The minimum atomic E-state index is -0.893. The number of nitrogens with zero attached hydrogens (tertiary/aromatic N) is 5. The average Bonchev–Trinajstić information content (AvgIpc) is 4.26. The standard InChI is InChI=1S/C46H58ClF2N5O14/c1-30(68-45(57)64-22-4-6-25-67-54(60)61)28-65-42-31(2)34(17-20-50-42)26-52(35-13-14-35)43(55)36-27-51(44(56)63-21-3-5-24-66-53(58)59)29-46(18-19-46)39(36)33-11-9-32(10-12-33)8-7-23-62-41-38(49)16-15-37(48)40(41)47/h9-12,15-17,20,30,35,58-61H,3-8,13-14,18-19,21-29H2,1-2H3. The highest BCUT2D eigenvalue weighted by Crippen LogP contribution is 2.59. The van der Waals surface area contributed by atoms with E-state index in [1.165, 1.54) is 0 Å². The van der Waals surface area contributed by atoms with E-state index in [9.17, 15) is 18.4 Å². The molecule has 1 spiro atoms. The van der Waals surface area contributed by atoms with E-state index in [-0.39, 0.29) is 81.2 Å². The van der Waals surface area contributed by atoms with Gasteiger partial charge in [-0.3, -0.25) is 35.3 Å². The number of hydrogen-bond acceptors (Lipinski definition) is 17. The first kappa shape index (κ1) is 52.1. The molecule has 0 radical (unpaired) electrons. The highest BCUT2D eigenvalue weighted by atomic mass is 35.5. The topological polar surface area (TPSA) is 223 Å². The molecule has 2 fully saturated rings. The first-order valence-corrected chi connectivity index (χ1v) is 22.9. The fourth-order valence-electron chi connectivity index (χ4n) is 7.88. The van der Waals surface area contributed by atoms with Gasteiger partial charge in [0, 0.05) is 41.9 Å². The van der Waals surface area contributed by atoms with Crippen molar-refractivity contribution in [2.75, 3.05) is 52.7 Å². The lowest BCUT2D eigenvalue weighted by Gasteiger charge is -2.38. The van der Waals surface area contributed by atoms with Gasteiger partial charge < -0.3 is 33.5 Å². The van der Waals surface area contributed by atoms with Gasteiger partial charge in [-0.15, -0.1) is 0 Å². The van der Waals surface area contributed by atoms with E-state index in [4.69, 9.17) is 56.1 Å². The van der Waals surface area contributed by atoms with Crippen LogP contribution in [-0.2, 0) is 41.6 Å². The molecule has 2 amide bonds. The highest BCUT2D eigenvalue weighted by Gasteiger charge is 2.54. The summed E-state index contributed by atoms with van der Waals surface area (Å²) in [7, 11) is 0. The molecule has 68 heavy (non-hydrogen) atoms. The summed E-state index contributed by atoms with van der Waals surface area (Å²) in [6.07, 6.45) is 5.16. The number of pyridine rings is 1. The maximum absolute atomic E-state index is 15.2. The third-order valence-electron chi connectivity index (χ3n) is 11.7. The molecule has 372 valence electrons. The minimum Gasteiger partial charge on any atom is -0.489 e. The quantitative estimate of drug-likeness (QED) is 0.0259. The van der Waals surface area contributed by atoms with Crippen LogP contribution in [0.4, 0.5) is 18.4 Å². The van der Waals surface area contributed by atoms with Crippen LogP contribution < -0.4 is 9.47 Å². The van der Waals surface area contributed by atoms with Crippen LogP contribution in [0.25, 0.3) is 5.57 Å². The van der Waals surface area contributed by atoms with Crippen molar-refractivity contribution in [2.45, 2.75) is 96.7 Å². The maximum atomic E-state index is 15.2. The predicted molar refractivity (Wildman–Crippen MR) is 234 cm³/mol. The molecule has 2 aliphatic carbocycles. The van der Waals surface area contributed by atoms with Crippen LogP contribution >= 0.6 is 11.6 Å². The van der Waals surface area contributed by atoms with Gasteiger partial charge in [-0.25, -0.2) is 23.4 Å². The minimum absolute atomic E-state index is 0.00274. The molecule has 19 nitrogen and oxygen atoms in total. The van der Waals surface area contributed by atoms with E-state index >= 15 is 4.79 Å². The molecule has 22 heteroatoms. The first-order valence-electron chi connectivity index (χ1n) is 22.5. The average molecular weight is 978 g/mol. The molecule has 2 saturated carbocycles. The van der Waals surface area contributed by atoms with Crippen LogP contribution in [0.2, 0.25) is 5.02 Å². The molecule has 1 aromatic heterocycles. The van der Waals surface area contributed by atoms with Crippen molar-refractivity contribution in [3.05, 3.63) is 93.1 Å². The Morgan fingerprint density at radius 3 is 2.15 bits per heavy atom. The van der Waals surface area contributed by atoms with E-state index in [1.54, 1.807) is 18.0 Å². The molecule has 1 atom stereocenters. The second-order valence-corrected chi connectivity index (χ2v) is 17.3. The second-order valence-electron chi connectivity index (χ2n) is 16.9. The summed E-state index contributed by atoms with van der Waals surface area (Å²) in [5, 5.41) is 33.5. The number of hydrogen-bond donors (Lipinski definition) is 4. The summed E-state index contributed by atoms with van der Waals surface area (Å²) in [6, 6.07) is 11.6. The van der Waals surface area contributed by atoms with Crippen LogP contribution in [-0.4, -0.2) is 129 Å². The Balaban J connectivity index is 1.15. The Labute approximate surface area is 396 Å². The molecule has 0 saturated heterocycles. The maximum Gasteiger partial charge on any atom is 0.508 e. The van der Waals surface area contributed by atoms with Crippen LogP contribution in [0.5, 0.6) is 11.6 Å². The lowest BCUT2D eigenvalue weighted by molar-refractivity contribution is -0.492. The van der Waals surface area contributed by atoms with Gasteiger partial charge in [0.05, 0.1) is 50.4 Å². The van der Waals surface area contributed by atoms with E-state index < -0.39 is 40.4 Å². The van der Waals surface area contributed by atoms with Gasteiger partial charge in [-0.1, -0.05) is 35.9 Å². The summed E-state index contributed by atoms with van der Waals surface area (Å²) < 4.78 is 55.6. The molecular formula is C46H58ClF2N5O14. The summed E-state index contributed by atoms with van der Waals surface area (Å²) in [5.74, 6) is -1.76. The Bertz CT molecular complexity index is 2210. The number of unbranched alkanes of at least 4 members (excludes halogenated alkanes) is 2. The zero-order valence-electron chi connectivity index (χ0n) is 37.9. The van der Waals surface area contributed by atoms with Crippen molar-refractivity contribution in [1.29, 1.82) is 0 Å². The van der Waals surface area contributed by atoms with Crippen molar-refractivity contribution in [3.8, 4) is 11.6 Å². The van der Waals surface area contributed by atoms with Crippen LogP contribution in [0.1, 0.15) is 87.0 Å². The number of rotatable bonds is 26. The van der Waals surface area contributed by atoms with Crippen molar-refractivity contribution in [1.82, 2.24) is 25.6 Å². The molecule has 4 N–H and O–H groups in total. The first-order chi connectivity index (χ1) is 32.7. The largest absolute Gasteiger partial charge is 0.508 e. The van der Waals surface area contributed by atoms with E-state index in [0.717, 1.165) is 60.1 Å². The number of amides is 2. The number of aromatic nitrogens is 1. The Morgan fingerprint density at radius 1 is 0.853 bits per heavy atom. The summed E-state index contributed by atoms with van der Waals surface area (Å²) in [5.41, 5.74) is 4.18. The van der Waals surface area contributed by atoms with Gasteiger partial charge >= 0.3 is 12.2 Å². The number of halogens is 3. The fourth-order valence-corrected chi connectivity index (χ4v) is 8.09. The van der Waals surface area contributed by atoms with E-state index in [2.05, 4.69) is 14.7 Å². The third kappa shape index (κ3) is 14.9. The SMILES string of the molecule is Cc1c(CN(C(=O)C2=C(c3ccc(CCCOc4c(F)ccc(F)c4Cl)cc3)C3(CC3)CN(C(=O)OCCCCON(O)O)C2)C2CC2)ccnc1OCC(C)OC(=O)OCCCCON(O)O. The molecule has 6 rings (SSSR count). The number of carbonyl (C=O) groups excluding carboxylic acids is 3. The molecule has 3 aromatic rings. The van der Waals surface area contributed by atoms with E-state index in [1.807, 2.05) is 42.2 Å². The highest BCUT2D eigenvalue weighted by molar-refractivity contribution is 6.32. The summed E-state index contributed by atoms with van der Waals surface area (Å²) in [6.45, 7) is 4.24. The lowest BCUT2D eigenvalue weighted by Crippen LogP contribution is -2.46. The molecule has 0 bridgehead atoms. The third-order valence-corrected chi connectivity index (χ3v) is 12.0. The van der Waals surface area contributed by atoms with Gasteiger partial charge in [0.15, 0.2) is 11.6 Å². The number of benzene rings is 2.